The van der Waals surface area contributed by atoms with Gasteiger partial charge in [0.05, 0.1) is 0 Å². The zero-order valence-corrected chi connectivity index (χ0v) is 11.5. The minimum absolute atomic E-state index is 0.290. The summed E-state index contributed by atoms with van der Waals surface area (Å²) in [6, 6.07) is 8.57. The van der Waals surface area contributed by atoms with Crippen molar-refractivity contribution in [2.24, 2.45) is 0 Å². The number of rotatable bonds is 6. The van der Waals surface area contributed by atoms with E-state index in [1.165, 1.54) is 22.6 Å². The van der Waals surface area contributed by atoms with Gasteiger partial charge in [0.15, 0.2) is 0 Å². The van der Waals surface area contributed by atoms with Crippen LogP contribution in [0.4, 0.5) is 0 Å². The number of hydrogen-bond acceptors (Lipinski definition) is 2. The van der Waals surface area contributed by atoms with Crippen molar-refractivity contribution in [3.63, 3.8) is 0 Å². The van der Waals surface area contributed by atoms with Crippen molar-refractivity contribution in [1.82, 2.24) is 0 Å². The maximum absolute atomic E-state index is 6.32. The SMILES string of the molecule is ClC(CCCc1cccs1)Cc1cccs1. The molecule has 16 heavy (non-hydrogen) atoms. The van der Waals surface area contributed by atoms with E-state index in [0.29, 0.717) is 5.38 Å². The van der Waals surface area contributed by atoms with E-state index in [1.807, 2.05) is 11.3 Å². The second-order valence-electron chi connectivity index (χ2n) is 3.85. The molecule has 0 saturated carbocycles. The van der Waals surface area contributed by atoms with Gasteiger partial charge >= 0.3 is 0 Å². The summed E-state index contributed by atoms with van der Waals surface area (Å²) in [6.07, 6.45) is 4.49. The quantitative estimate of drug-likeness (QED) is 0.649. The Morgan fingerprint density at radius 2 is 1.75 bits per heavy atom. The molecule has 1 unspecified atom stereocenters. The van der Waals surface area contributed by atoms with Gasteiger partial charge in [-0.05, 0) is 48.6 Å². The Kier molecular flexibility index (Phi) is 4.89. The van der Waals surface area contributed by atoms with Crippen LogP contribution >= 0.6 is 34.3 Å². The molecule has 2 rings (SSSR count). The Morgan fingerprint density at radius 3 is 2.38 bits per heavy atom. The number of hydrogen-bond donors (Lipinski definition) is 0. The van der Waals surface area contributed by atoms with E-state index in [9.17, 15) is 0 Å². The number of alkyl halides is 1. The Balaban J connectivity index is 1.66. The molecule has 0 aliphatic carbocycles. The summed E-state index contributed by atoms with van der Waals surface area (Å²) >= 11 is 9.96. The summed E-state index contributed by atoms with van der Waals surface area (Å²) in [6.45, 7) is 0. The van der Waals surface area contributed by atoms with Crippen LogP contribution in [0.1, 0.15) is 22.6 Å². The molecule has 0 spiro atoms. The fourth-order valence-corrected chi connectivity index (χ4v) is 3.65. The predicted octanol–water partition coefficient (Wildman–Crippen LogP) is 4.98. The van der Waals surface area contributed by atoms with Crippen LogP contribution in [0.5, 0.6) is 0 Å². The Bertz CT molecular complexity index is 378. The van der Waals surface area contributed by atoms with E-state index >= 15 is 0 Å². The largest absolute Gasteiger partial charge is 0.149 e. The monoisotopic (exact) mass is 270 g/mol. The van der Waals surface area contributed by atoms with Crippen molar-refractivity contribution < 1.29 is 0 Å². The molecule has 0 amide bonds. The van der Waals surface area contributed by atoms with Gasteiger partial charge in [-0.15, -0.1) is 34.3 Å². The summed E-state index contributed by atoms with van der Waals surface area (Å²) in [5.74, 6) is 0. The lowest BCUT2D eigenvalue weighted by Gasteiger charge is -2.06. The fourth-order valence-electron chi connectivity index (χ4n) is 1.70. The van der Waals surface area contributed by atoms with Crippen LogP contribution in [0.15, 0.2) is 35.0 Å². The molecule has 2 aromatic rings. The van der Waals surface area contributed by atoms with Gasteiger partial charge in [0.1, 0.15) is 0 Å². The molecule has 2 heterocycles. The van der Waals surface area contributed by atoms with Crippen LogP contribution in [-0.2, 0) is 12.8 Å². The first-order chi connectivity index (χ1) is 7.84. The maximum atomic E-state index is 6.32. The highest BCUT2D eigenvalue weighted by Crippen LogP contribution is 2.19. The van der Waals surface area contributed by atoms with E-state index in [1.54, 1.807) is 11.3 Å². The second-order valence-corrected chi connectivity index (χ2v) is 6.53. The van der Waals surface area contributed by atoms with Gasteiger partial charge in [0.25, 0.3) is 0 Å². The highest BCUT2D eigenvalue weighted by atomic mass is 35.5. The van der Waals surface area contributed by atoms with Crippen molar-refractivity contribution in [3.8, 4) is 0 Å². The van der Waals surface area contributed by atoms with E-state index < -0.39 is 0 Å². The van der Waals surface area contributed by atoms with Gasteiger partial charge in [0.2, 0.25) is 0 Å². The first-order valence-electron chi connectivity index (χ1n) is 5.53. The van der Waals surface area contributed by atoms with E-state index in [-0.39, 0.29) is 0 Å². The number of aryl methyl sites for hydroxylation is 1. The Labute approximate surface area is 110 Å². The first-order valence-corrected chi connectivity index (χ1v) is 7.73. The average molecular weight is 271 g/mol. The molecule has 86 valence electrons. The van der Waals surface area contributed by atoms with Gasteiger partial charge < -0.3 is 0 Å². The first kappa shape index (κ1) is 12.2. The topological polar surface area (TPSA) is 0 Å². The summed E-state index contributed by atoms with van der Waals surface area (Å²) in [4.78, 5) is 2.87. The highest BCUT2D eigenvalue weighted by Gasteiger charge is 2.06. The molecule has 0 aromatic carbocycles. The minimum Gasteiger partial charge on any atom is -0.149 e. The summed E-state index contributed by atoms with van der Waals surface area (Å²) in [5.41, 5.74) is 0. The molecule has 0 aliphatic heterocycles. The maximum Gasteiger partial charge on any atom is 0.0384 e. The zero-order valence-electron chi connectivity index (χ0n) is 9.06. The van der Waals surface area contributed by atoms with Gasteiger partial charge in [-0.3, -0.25) is 0 Å². The number of thiophene rings is 2. The van der Waals surface area contributed by atoms with E-state index in [2.05, 4.69) is 35.0 Å². The van der Waals surface area contributed by atoms with Crippen molar-refractivity contribution in [2.45, 2.75) is 31.1 Å². The standard InChI is InChI=1S/C13H15ClS2/c14-11(10-13-7-3-9-16-13)4-1-5-12-6-2-8-15-12/h2-3,6-9,11H,1,4-5,10H2. The van der Waals surface area contributed by atoms with Gasteiger partial charge in [-0.2, -0.15) is 0 Å². The fraction of sp³-hybridized carbons (Fsp3) is 0.385. The molecular formula is C13H15ClS2. The normalized spacial score (nSPS) is 12.8. The lowest BCUT2D eigenvalue weighted by molar-refractivity contribution is 0.693. The number of halogens is 1. The molecule has 0 radical (unpaired) electrons. The van der Waals surface area contributed by atoms with Crippen LogP contribution in [0.25, 0.3) is 0 Å². The lowest BCUT2D eigenvalue weighted by atomic mass is 10.1. The molecule has 0 bridgehead atoms. The van der Waals surface area contributed by atoms with Gasteiger partial charge in [-0.1, -0.05) is 12.1 Å². The third kappa shape index (κ3) is 3.93. The third-order valence-electron chi connectivity index (χ3n) is 2.52. The van der Waals surface area contributed by atoms with Crippen molar-refractivity contribution in [3.05, 3.63) is 44.8 Å². The molecule has 0 nitrogen and oxygen atoms in total. The molecule has 0 saturated heterocycles. The van der Waals surface area contributed by atoms with Crippen LogP contribution in [0.3, 0.4) is 0 Å². The lowest BCUT2D eigenvalue weighted by Crippen LogP contribution is -2.02. The summed E-state index contributed by atoms with van der Waals surface area (Å²) in [7, 11) is 0. The minimum atomic E-state index is 0.290. The second kappa shape index (κ2) is 6.43. The van der Waals surface area contributed by atoms with Crippen LogP contribution in [0.2, 0.25) is 0 Å². The van der Waals surface area contributed by atoms with Crippen molar-refractivity contribution in [1.29, 1.82) is 0 Å². The molecule has 0 aliphatic rings. The van der Waals surface area contributed by atoms with Crippen molar-refractivity contribution >= 4 is 34.3 Å². The molecule has 0 N–H and O–H groups in total. The Hall–Kier alpha value is -0.310. The molecule has 3 heteroatoms. The smallest absolute Gasteiger partial charge is 0.0384 e. The third-order valence-corrected chi connectivity index (χ3v) is 4.73. The van der Waals surface area contributed by atoms with Crippen LogP contribution < -0.4 is 0 Å². The van der Waals surface area contributed by atoms with E-state index in [4.69, 9.17) is 11.6 Å². The van der Waals surface area contributed by atoms with Gasteiger partial charge in [-0.25, -0.2) is 0 Å². The molecule has 0 fully saturated rings. The predicted molar refractivity (Wildman–Crippen MR) is 74.9 cm³/mol. The van der Waals surface area contributed by atoms with Gasteiger partial charge in [0, 0.05) is 15.1 Å². The van der Waals surface area contributed by atoms with Crippen molar-refractivity contribution in [2.75, 3.05) is 0 Å². The summed E-state index contributed by atoms with van der Waals surface area (Å²) in [5, 5.41) is 4.54. The molecule has 2 aromatic heterocycles. The molecular weight excluding hydrogens is 256 g/mol. The molecule has 1 atom stereocenters. The highest BCUT2D eigenvalue weighted by molar-refractivity contribution is 7.10. The summed E-state index contributed by atoms with van der Waals surface area (Å²) < 4.78 is 0. The average Bonchev–Trinajstić information content (AvgIpc) is 2.90. The van der Waals surface area contributed by atoms with E-state index in [0.717, 1.165) is 12.8 Å². The Morgan fingerprint density at radius 1 is 1.06 bits per heavy atom. The zero-order chi connectivity index (χ0) is 11.2. The van der Waals surface area contributed by atoms with Crippen LogP contribution in [-0.4, -0.2) is 5.38 Å². The van der Waals surface area contributed by atoms with Crippen LogP contribution in [0, 0.1) is 0 Å².